The number of hydrazone groups is 1. The molecule has 4 rings (SSSR count). The summed E-state index contributed by atoms with van der Waals surface area (Å²) in [5.74, 6) is -0.555. The molecule has 0 aliphatic rings. The highest BCUT2D eigenvalue weighted by Crippen LogP contribution is 2.26. The summed E-state index contributed by atoms with van der Waals surface area (Å²) < 4.78 is 31.3. The van der Waals surface area contributed by atoms with Crippen LogP contribution in [0.25, 0.3) is 5.69 Å². The summed E-state index contributed by atoms with van der Waals surface area (Å²) in [4.78, 5) is 13.0. The molecular weight excluding hydrogens is 564 g/mol. The summed E-state index contributed by atoms with van der Waals surface area (Å²) in [6.07, 6.45) is 1.57. The molecule has 0 atom stereocenters. The van der Waals surface area contributed by atoms with Crippen molar-refractivity contribution in [1.82, 2.24) is 9.99 Å². The van der Waals surface area contributed by atoms with Crippen molar-refractivity contribution in [3.05, 3.63) is 111 Å². The number of aryl methyl sites for hydroxylation is 3. The van der Waals surface area contributed by atoms with E-state index in [2.05, 4.69) is 31.0 Å². The lowest BCUT2D eigenvalue weighted by molar-refractivity contribution is -0.119. The number of carbonyl (C=O) groups is 1. The van der Waals surface area contributed by atoms with Crippen molar-refractivity contribution in [2.75, 3.05) is 10.8 Å². The van der Waals surface area contributed by atoms with Crippen molar-refractivity contribution in [1.29, 1.82) is 0 Å². The molecule has 9 heteroatoms. The zero-order chi connectivity index (χ0) is 27.4. The Labute approximate surface area is 232 Å². The molecule has 196 valence electrons. The van der Waals surface area contributed by atoms with Gasteiger partial charge >= 0.3 is 0 Å². The molecular formula is C29H29BrN4O3S. The van der Waals surface area contributed by atoms with Crippen molar-refractivity contribution in [3.63, 3.8) is 0 Å². The first-order valence-electron chi connectivity index (χ1n) is 12.0. The van der Waals surface area contributed by atoms with Gasteiger partial charge in [0.2, 0.25) is 0 Å². The van der Waals surface area contributed by atoms with Crippen LogP contribution in [0.3, 0.4) is 0 Å². The monoisotopic (exact) mass is 592 g/mol. The highest BCUT2D eigenvalue weighted by molar-refractivity contribution is 9.10. The molecule has 4 aromatic rings. The maximum Gasteiger partial charge on any atom is 0.264 e. The van der Waals surface area contributed by atoms with E-state index >= 15 is 0 Å². The van der Waals surface area contributed by atoms with Crippen LogP contribution in [0, 0.1) is 27.7 Å². The van der Waals surface area contributed by atoms with E-state index in [1.807, 2.05) is 64.1 Å². The molecule has 1 heterocycles. The number of benzene rings is 3. The van der Waals surface area contributed by atoms with Crippen LogP contribution in [-0.2, 0) is 14.8 Å². The molecule has 0 radical (unpaired) electrons. The second-order valence-electron chi connectivity index (χ2n) is 9.11. The van der Waals surface area contributed by atoms with E-state index in [1.54, 1.807) is 36.5 Å². The minimum Gasteiger partial charge on any atom is -0.318 e. The summed E-state index contributed by atoms with van der Waals surface area (Å²) in [6.45, 7) is 7.33. The fraction of sp³-hybridized carbons (Fsp3) is 0.172. The third-order valence-electron chi connectivity index (χ3n) is 6.04. The summed E-state index contributed by atoms with van der Waals surface area (Å²) in [5.41, 5.74) is 8.53. The van der Waals surface area contributed by atoms with Crippen LogP contribution in [0.1, 0.15) is 28.1 Å². The number of amides is 1. The maximum absolute atomic E-state index is 13.5. The molecule has 0 aliphatic heterocycles. The molecule has 1 aromatic heterocycles. The van der Waals surface area contributed by atoms with E-state index in [4.69, 9.17) is 0 Å². The van der Waals surface area contributed by atoms with Gasteiger partial charge in [0.25, 0.3) is 15.9 Å². The number of hydrogen-bond donors (Lipinski definition) is 1. The first kappa shape index (κ1) is 27.3. The number of halogens is 1. The van der Waals surface area contributed by atoms with E-state index in [1.165, 1.54) is 12.1 Å². The smallest absolute Gasteiger partial charge is 0.264 e. The largest absolute Gasteiger partial charge is 0.318 e. The summed E-state index contributed by atoms with van der Waals surface area (Å²) >= 11 is 3.51. The number of aromatic nitrogens is 1. The Bertz CT molecular complexity index is 1590. The number of anilines is 1. The summed E-state index contributed by atoms with van der Waals surface area (Å²) in [5, 5.41) is 4.14. The van der Waals surface area contributed by atoms with Crippen LogP contribution in [0.4, 0.5) is 5.69 Å². The van der Waals surface area contributed by atoms with E-state index in [9.17, 15) is 13.2 Å². The van der Waals surface area contributed by atoms with Gasteiger partial charge in [-0.05, 0) is 87.4 Å². The number of nitrogens with one attached hydrogen (secondary N) is 1. The lowest BCUT2D eigenvalue weighted by Crippen LogP contribution is -2.39. The van der Waals surface area contributed by atoms with E-state index in [0.717, 1.165) is 42.5 Å². The lowest BCUT2D eigenvalue weighted by atomic mass is 10.1. The van der Waals surface area contributed by atoms with Crippen molar-refractivity contribution in [2.45, 2.75) is 32.6 Å². The Morgan fingerprint density at radius 3 is 2.29 bits per heavy atom. The molecule has 3 aromatic carbocycles. The zero-order valence-corrected chi connectivity index (χ0v) is 24.0. The van der Waals surface area contributed by atoms with Gasteiger partial charge in [0.15, 0.2) is 0 Å². The molecule has 0 bridgehead atoms. The average Bonchev–Trinajstić information content (AvgIpc) is 3.15. The second kappa shape index (κ2) is 11.4. The van der Waals surface area contributed by atoms with Gasteiger partial charge < -0.3 is 4.57 Å². The number of sulfonamides is 1. The SMILES string of the molecule is Cc1cc(C)cc(N(CC(=O)N/N=C/c2cc(C)n(-c3cccc(Br)c3)c2C)S(=O)(=O)c2ccccc2)c1. The first-order valence-corrected chi connectivity index (χ1v) is 14.2. The van der Waals surface area contributed by atoms with Crippen molar-refractivity contribution in [2.24, 2.45) is 5.10 Å². The molecule has 0 fully saturated rings. The first-order chi connectivity index (χ1) is 18.1. The maximum atomic E-state index is 13.5. The van der Waals surface area contributed by atoms with Crippen LogP contribution in [0.15, 0.2) is 93.3 Å². The quantitative estimate of drug-likeness (QED) is 0.207. The Balaban J connectivity index is 1.57. The van der Waals surface area contributed by atoms with E-state index < -0.39 is 22.5 Å². The summed E-state index contributed by atoms with van der Waals surface area (Å²) in [6, 6.07) is 23.5. The molecule has 1 N–H and O–H groups in total. The number of carbonyl (C=O) groups excluding carboxylic acids is 1. The highest BCUT2D eigenvalue weighted by Gasteiger charge is 2.27. The predicted octanol–water partition coefficient (Wildman–Crippen LogP) is 5.82. The van der Waals surface area contributed by atoms with Gasteiger partial charge in [-0.3, -0.25) is 9.10 Å². The Morgan fingerprint density at radius 1 is 0.947 bits per heavy atom. The third kappa shape index (κ3) is 6.06. The molecule has 0 unspecified atom stereocenters. The minimum absolute atomic E-state index is 0.107. The third-order valence-corrected chi connectivity index (χ3v) is 8.32. The molecule has 0 aliphatic carbocycles. The topological polar surface area (TPSA) is 83.8 Å². The highest BCUT2D eigenvalue weighted by atomic mass is 79.9. The lowest BCUT2D eigenvalue weighted by Gasteiger charge is -2.24. The number of hydrogen-bond acceptors (Lipinski definition) is 4. The van der Waals surface area contributed by atoms with Gasteiger partial charge in [-0.25, -0.2) is 13.8 Å². The van der Waals surface area contributed by atoms with Gasteiger partial charge in [0.1, 0.15) is 6.54 Å². The van der Waals surface area contributed by atoms with Crippen LogP contribution in [0.5, 0.6) is 0 Å². The second-order valence-corrected chi connectivity index (χ2v) is 11.9. The normalized spacial score (nSPS) is 11.6. The fourth-order valence-corrected chi connectivity index (χ4v) is 6.21. The summed E-state index contributed by atoms with van der Waals surface area (Å²) in [7, 11) is -3.99. The van der Waals surface area contributed by atoms with Crippen LogP contribution < -0.4 is 9.73 Å². The molecule has 0 saturated carbocycles. The molecule has 1 amide bonds. The Hall–Kier alpha value is -3.69. The molecule has 38 heavy (non-hydrogen) atoms. The van der Waals surface area contributed by atoms with E-state index in [-0.39, 0.29) is 4.90 Å². The predicted molar refractivity (Wildman–Crippen MR) is 156 cm³/mol. The average molecular weight is 594 g/mol. The van der Waals surface area contributed by atoms with Crippen LogP contribution >= 0.6 is 15.9 Å². The molecule has 0 saturated heterocycles. The standard InChI is InChI=1S/C29H29BrN4O3S/c1-20-13-21(2)15-27(14-20)33(38(36,37)28-11-6-5-7-12-28)19-29(35)32-31-18-24-16-22(3)34(23(24)4)26-10-8-9-25(30)17-26/h5-18H,19H2,1-4H3,(H,32,35)/b31-18+. The van der Waals surface area contributed by atoms with Gasteiger partial charge in [-0.2, -0.15) is 5.10 Å². The van der Waals surface area contributed by atoms with Gasteiger partial charge in [0.05, 0.1) is 16.8 Å². The Morgan fingerprint density at radius 2 is 1.63 bits per heavy atom. The van der Waals surface area contributed by atoms with E-state index in [0.29, 0.717) is 5.69 Å². The van der Waals surface area contributed by atoms with Crippen molar-refractivity contribution >= 4 is 43.8 Å². The number of nitrogens with zero attached hydrogens (tertiary/aromatic N) is 3. The van der Waals surface area contributed by atoms with Gasteiger partial charge in [0, 0.05) is 27.1 Å². The molecule has 7 nitrogen and oxygen atoms in total. The van der Waals surface area contributed by atoms with Crippen LogP contribution in [-0.4, -0.2) is 31.7 Å². The zero-order valence-electron chi connectivity index (χ0n) is 21.6. The minimum atomic E-state index is -3.99. The fourth-order valence-electron chi connectivity index (χ4n) is 4.40. The van der Waals surface area contributed by atoms with Gasteiger partial charge in [-0.15, -0.1) is 0 Å². The van der Waals surface area contributed by atoms with Crippen molar-refractivity contribution < 1.29 is 13.2 Å². The number of rotatable bonds is 8. The van der Waals surface area contributed by atoms with Crippen molar-refractivity contribution in [3.8, 4) is 5.69 Å². The Kier molecular flexibility index (Phi) is 8.18. The van der Waals surface area contributed by atoms with Gasteiger partial charge in [-0.1, -0.05) is 46.3 Å². The molecule has 0 spiro atoms. The van der Waals surface area contributed by atoms with Crippen LogP contribution in [0.2, 0.25) is 0 Å².